The molecule has 0 fully saturated rings. The van der Waals surface area contributed by atoms with Crippen molar-refractivity contribution < 1.29 is 9.26 Å². The standard InChI is InChI=1S/C13H14Cl2N2O2/c1-18-6-5-16-8-9-7-12(19-17-9)10-3-2-4-11(14)13(10)15/h2-4,7,16H,5-6,8H2,1H3. The van der Waals surface area contributed by atoms with Gasteiger partial charge in [-0.3, -0.25) is 0 Å². The van der Waals surface area contributed by atoms with E-state index < -0.39 is 0 Å². The van der Waals surface area contributed by atoms with Gasteiger partial charge in [0.15, 0.2) is 5.76 Å². The van der Waals surface area contributed by atoms with Gasteiger partial charge in [0.25, 0.3) is 0 Å². The Balaban J connectivity index is 2.06. The summed E-state index contributed by atoms with van der Waals surface area (Å²) >= 11 is 12.1. The lowest BCUT2D eigenvalue weighted by Gasteiger charge is -2.00. The Hall–Kier alpha value is -1.07. The highest BCUT2D eigenvalue weighted by Gasteiger charge is 2.12. The lowest BCUT2D eigenvalue weighted by Crippen LogP contribution is -2.18. The molecule has 2 aromatic rings. The van der Waals surface area contributed by atoms with Crippen molar-refractivity contribution in [1.29, 1.82) is 0 Å². The van der Waals surface area contributed by atoms with Gasteiger partial charge < -0.3 is 14.6 Å². The molecule has 0 aliphatic rings. The van der Waals surface area contributed by atoms with Gasteiger partial charge in [-0.2, -0.15) is 0 Å². The first-order chi connectivity index (χ1) is 9.22. The van der Waals surface area contributed by atoms with E-state index in [9.17, 15) is 0 Å². The lowest BCUT2D eigenvalue weighted by molar-refractivity contribution is 0.199. The predicted octanol–water partition coefficient (Wildman–Crippen LogP) is 3.38. The zero-order valence-corrected chi connectivity index (χ0v) is 12.0. The molecule has 6 heteroatoms. The number of benzene rings is 1. The molecule has 1 N–H and O–H groups in total. The highest BCUT2D eigenvalue weighted by atomic mass is 35.5. The molecular formula is C13H14Cl2N2O2. The van der Waals surface area contributed by atoms with E-state index >= 15 is 0 Å². The number of halogens is 2. The van der Waals surface area contributed by atoms with E-state index in [1.54, 1.807) is 13.2 Å². The maximum atomic E-state index is 6.13. The summed E-state index contributed by atoms with van der Waals surface area (Å²) in [5, 5.41) is 8.13. The van der Waals surface area contributed by atoms with Gasteiger partial charge >= 0.3 is 0 Å². The number of ether oxygens (including phenoxy) is 1. The molecule has 0 amide bonds. The van der Waals surface area contributed by atoms with E-state index in [2.05, 4.69) is 10.5 Å². The van der Waals surface area contributed by atoms with Gasteiger partial charge in [0.05, 0.1) is 22.3 Å². The SMILES string of the molecule is COCCNCc1cc(-c2cccc(Cl)c2Cl)on1. The zero-order chi connectivity index (χ0) is 13.7. The molecule has 2 rings (SSSR count). The van der Waals surface area contributed by atoms with Crippen LogP contribution in [0, 0.1) is 0 Å². The van der Waals surface area contributed by atoms with E-state index in [1.807, 2.05) is 18.2 Å². The number of hydrogen-bond donors (Lipinski definition) is 1. The highest BCUT2D eigenvalue weighted by molar-refractivity contribution is 6.43. The van der Waals surface area contributed by atoms with Gasteiger partial charge in [-0.1, -0.05) is 34.4 Å². The second-order valence-corrected chi connectivity index (χ2v) is 4.74. The van der Waals surface area contributed by atoms with Gasteiger partial charge in [0.1, 0.15) is 0 Å². The largest absolute Gasteiger partial charge is 0.383 e. The molecule has 0 spiro atoms. The summed E-state index contributed by atoms with van der Waals surface area (Å²) < 4.78 is 10.2. The van der Waals surface area contributed by atoms with E-state index in [0.29, 0.717) is 29.0 Å². The first-order valence-corrected chi connectivity index (χ1v) is 6.57. The summed E-state index contributed by atoms with van der Waals surface area (Å²) in [6.07, 6.45) is 0. The van der Waals surface area contributed by atoms with Crippen molar-refractivity contribution in [3.63, 3.8) is 0 Å². The molecule has 0 aliphatic heterocycles. The third kappa shape index (κ3) is 3.70. The third-order valence-electron chi connectivity index (χ3n) is 2.57. The monoisotopic (exact) mass is 300 g/mol. The maximum absolute atomic E-state index is 6.13. The summed E-state index contributed by atoms with van der Waals surface area (Å²) in [6.45, 7) is 2.03. The number of methoxy groups -OCH3 is 1. The third-order valence-corrected chi connectivity index (χ3v) is 3.38. The average molecular weight is 301 g/mol. The molecule has 0 bridgehead atoms. The van der Waals surface area contributed by atoms with Crippen LogP contribution in [0.5, 0.6) is 0 Å². The smallest absolute Gasteiger partial charge is 0.168 e. The van der Waals surface area contributed by atoms with Crippen LogP contribution in [-0.2, 0) is 11.3 Å². The molecule has 0 unspecified atom stereocenters. The van der Waals surface area contributed by atoms with Crippen molar-refractivity contribution in [2.24, 2.45) is 0 Å². The molecule has 0 radical (unpaired) electrons. The Morgan fingerprint density at radius 2 is 2.21 bits per heavy atom. The van der Waals surface area contributed by atoms with Crippen LogP contribution in [0.15, 0.2) is 28.8 Å². The van der Waals surface area contributed by atoms with Gasteiger partial charge in [0, 0.05) is 31.8 Å². The minimum Gasteiger partial charge on any atom is -0.383 e. The van der Waals surface area contributed by atoms with Crippen molar-refractivity contribution in [3.05, 3.63) is 40.0 Å². The summed E-state index contributed by atoms with van der Waals surface area (Å²) in [6, 6.07) is 7.24. The maximum Gasteiger partial charge on any atom is 0.168 e. The van der Waals surface area contributed by atoms with Crippen LogP contribution >= 0.6 is 23.2 Å². The number of aromatic nitrogens is 1. The Morgan fingerprint density at radius 3 is 3.00 bits per heavy atom. The molecule has 19 heavy (non-hydrogen) atoms. The Kier molecular flexibility index (Phi) is 5.22. The summed E-state index contributed by atoms with van der Waals surface area (Å²) in [7, 11) is 1.66. The molecule has 1 aromatic heterocycles. The van der Waals surface area contributed by atoms with Crippen molar-refractivity contribution in [3.8, 4) is 11.3 Å². The molecule has 1 aromatic carbocycles. The molecule has 0 atom stereocenters. The van der Waals surface area contributed by atoms with E-state index in [-0.39, 0.29) is 0 Å². The average Bonchev–Trinajstić information content (AvgIpc) is 2.87. The van der Waals surface area contributed by atoms with Crippen LogP contribution in [0.2, 0.25) is 10.0 Å². The van der Waals surface area contributed by atoms with E-state index in [1.165, 1.54) is 0 Å². The van der Waals surface area contributed by atoms with E-state index in [4.69, 9.17) is 32.5 Å². The molecule has 4 nitrogen and oxygen atoms in total. The molecule has 1 heterocycles. The molecular weight excluding hydrogens is 287 g/mol. The van der Waals surface area contributed by atoms with Crippen LogP contribution in [0.25, 0.3) is 11.3 Å². The minimum absolute atomic E-state index is 0.471. The van der Waals surface area contributed by atoms with E-state index in [0.717, 1.165) is 17.8 Å². The minimum atomic E-state index is 0.471. The van der Waals surface area contributed by atoms with Gasteiger partial charge in [-0.25, -0.2) is 0 Å². The number of nitrogens with zero attached hydrogens (tertiary/aromatic N) is 1. The van der Waals surface area contributed by atoms with Gasteiger partial charge in [0.2, 0.25) is 0 Å². The van der Waals surface area contributed by atoms with Gasteiger partial charge in [-0.05, 0) is 12.1 Å². The molecule has 0 saturated heterocycles. The van der Waals surface area contributed by atoms with Crippen molar-refractivity contribution in [2.45, 2.75) is 6.54 Å². The second-order valence-electron chi connectivity index (χ2n) is 3.95. The predicted molar refractivity (Wildman–Crippen MR) is 75.5 cm³/mol. The summed E-state index contributed by atoms with van der Waals surface area (Å²) in [5.41, 5.74) is 1.55. The van der Waals surface area contributed by atoms with Crippen LogP contribution in [0.3, 0.4) is 0 Å². The lowest BCUT2D eigenvalue weighted by atomic mass is 10.1. The second kappa shape index (κ2) is 6.91. The summed E-state index contributed by atoms with van der Waals surface area (Å²) in [5.74, 6) is 0.607. The van der Waals surface area contributed by atoms with Crippen LogP contribution in [0.1, 0.15) is 5.69 Å². The summed E-state index contributed by atoms with van der Waals surface area (Å²) in [4.78, 5) is 0. The fraction of sp³-hybridized carbons (Fsp3) is 0.308. The quantitative estimate of drug-likeness (QED) is 0.831. The van der Waals surface area contributed by atoms with Crippen LogP contribution in [0.4, 0.5) is 0 Å². The number of rotatable bonds is 6. The zero-order valence-electron chi connectivity index (χ0n) is 10.5. The topological polar surface area (TPSA) is 47.3 Å². The number of nitrogens with one attached hydrogen (secondary N) is 1. The fourth-order valence-corrected chi connectivity index (χ4v) is 2.00. The molecule has 0 aliphatic carbocycles. The van der Waals surface area contributed by atoms with Crippen molar-refractivity contribution in [2.75, 3.05) is 20.3 Å². The normalized spacial score (nSPS) is 10.9. The highest BCUT2D eigenvalue weighted by Crippen LogP contribution is 2.33. The molecule has 102 valence electrons. The Bertz CT molecular complexity index is 543. The van der Waals surface area contributed by atoms with Crippen molar-refractivity contribution in [1.82, 2.24) is 10.5 Å². The molecule has 0 saturated carbocycles. The Labute approximate surface area is 121 Å². The Morgan fingerprint density at radius 1 is 1.37 bits per heavy atom. The van der Waals surface area contributed by atoms with Crippen LogP contribution in [-0.4, -0.2) is 25.4 Å². The van der Waals surface area contributed by atoms with Crippen molar-refractivity contribution >= 4 is 23.2 Å². The van der Waals surface area contributed by atoms with Crippen LogP contribution < -0.4 is 5.32 Å². The first-order valence-electron chi connectivity index (χ1n) is 5.82. The fourth-order valence-electron chi connectivity index (χ4n) is 1.61. The first kappa shape index (κ1) is 14.3. The number of hydrogen-bond acceptors (Lipinski definition) is 4. The van der Waals surface area contributed by atoms with Gasteiger partial charge in [-0.15, -0.1) is 0 Å².